The predicted molar refractivity (Wildman–Crippen MR) is 80.9 cm³/mol. The molecule has 0 unspecified atom stereocenters. The number of halogens is 1. The lowest BCUT2D eigenvalue weighted by molar-refractivity contribution is 0.218. The molecule has 0 saturated heterocycles. The van der Waals surface area contributed by atoms with Gasteiger partial charge in [-0.15, -0.1) is 0 Å². The Morgan fingerprint density at radius 1 is 1.19 bits per heavy atom. The summed E-state index contributed by atoms with van der Waals surface area (Å²) in [5.41, 5.74) is 2.69. The normalized spacial score (nSPS) is 12.5. The molecule has 3 nitrogen and oxygen atoms in total. The minimum atomic E-state index is -0.276. The number of aromatic amines is 1. The first-order chi connectivity index (χ1) is 10.2. The van der Waals surface area contributed by atoms with E-state index in [0.29, 0.717) is 11.3 Å². The smallest absolute Gasteiger partial charge is 0.153 e. The van der Waals surface area contributed by atoms with Crippen LogP contribution in [0.4, 0.5) is 4.39 Å². The fourth-order valence-corrected chi connectivity index (χ4v) is 2.26. The number of aromatic nitrogens is 2. The lowest BCUT2D eigenvalue weighted by Gasteiger charge is -2.12. The minimum absolute atomic E-state index is 0.229. The predicted octanol–water partition coefficient (Wildman–Crippen LogP) is 4.40. The Hall–Kier alpha value is -2.36. The zero-order chi connectivity index (χ0) is 14.8. The van der Waals surface area contributed by atoms with Crippen LogP contribution in [0.3, 0.4) is 0 Å². The van der Waals surface area contributed by atoms with Gasteiger partial charge in [-0.05, 0) is 49.2 Å². The van der Waals surface area contributed by atoms with Crippen molar-refractivity contribution in [2.75, 3.05) is 0 Å². The van der Waals surface area contributed by atoms with Crippen molar-refractivity contribution in [3.8, 4) is 5.75 Å². The van der Waals surface area contributed by atoms with E-state index in [2.05, 4.69) is 29.0 Å². The molecular weight excluding hydrogens is 267 g/mol. The number of rotatable bonds is 4. The van der Waals surface area contributed by atoms with Crippen molar-refractivity contribution in [2.45, 2.75) is 26.4 Å². The molecule has 3 aromatic rings. The number of fused-ring (bicyclic) bond motifs is 1. The summed E-state index contributed by atoms with van der Waals surface area (Å²) in [6, 6.07) is 12.5. The number of hydrogen-bond acceptors (Lipinski definition) is 2. The Labute approximate surface area is 122 Å². The van der Waals surface area contributed by atoms with Gasteiger partial charge in [0.05, 0.1) is 11.0 Å². The third kappa shape index (κ3) is 2.89. The number of aryl methyl sites for hydroxylation is 1. The van der Waals surface area contributed by atoms with E-state index in [1.54, 1.807) is 6.07 Å². The van der Waals surface area contributed by atoms with Crippen LogP contribution in [0.5, 0.6) is 5.75 Å². The van der Waals surface area contributed by atoms with Crippen LogP contribution in [-0.2, 0) is 6.42 Å². The molecule has 0 fully saturated rings. The summed E-state index contributed by atoms with van der Waals surface area (Å²) in [5.74, 6) is 1.21. The number of H-pyrrole nitrogens is 1. The molecule has 0 saturated carbocycles. The molecule has 0 bridgehead atoms. The fourth-order valence-electron chi connectivity index (χ4n) is 2.26. The Bertz CT molecular complexity index is 749. The minimum Gasteiger partial charge on any atom is -0.483 e. The summed E-state index contributed by atoms with van der Waals surface area (Å²) < 4.78 is 19.1. The summed E-state index contributed by atoms with van der Waals surface area (Å²) in [6.07, 6.45) is 0.776. The van der Waals surface area contributed by atoms with Gasteiger partial charge >= 0.3 is 0 Å². The average molecular weight is 284 g/mol. The van der Waals surface area contributed by atoms with Gasteiger partial charge in [-0.2, -0.15) is 0 Å². The van der Waals surface area contributed by atoms with Crippen LogP contribution < -0.4 is 4.74 Å². The number of imidazole rings is 1. The van der Waals surface area contributed by atoms with Gasteiger partial charge in [0.2, 0.25) is 0 Å². The molecule has 0 aliphatic carbocycles. The molecule has 108 valence electrons. The van der Waals surface area contributed by atoms with Gasteiger partial charge in [-0.3, -0.25) is 0 Å². The summed E-state index contributed by atoms with van der Waals surface area (Å²) in [6.45, 7) is 4.04. The van der Waals surface area contributed by atoms with Crippen molar-refractivity contribution in [1.29, 1.82) is 0 Å². The molecule has 0 aliphatic heterocycles. The van der Waals surface area contributed by atoms with E-state index in [-0.39, 0.29) is 11.9 Å². The molecule has 1 N–H and O–H groups in total. The average Bonchev–Trinajstić information content (AvgIpc) is 2.91. The maximum atomic E-state index is 13.2. The highest BCUT2D eigenvalue weighted by atomic mass is 19.1. The molecule has 1 aromatic heterocycles. The highest BCUT2D eigenvalue weighted by Crippen LogP contribution is 2.23. The van der Waals surface area contributed by atoms with Crippen molar-refractivity contribution in [3.05, 3.63) is 59.7 Å². The molecule has 1 atom stereocenters. The van der Waals surface area contributed by atoms with E-state index in [1.807, 2.05) is 19.1 Å². The number of hydrogen-bond donors (Lipinski definition) is 1. The SMILES string of the molecule is CCc1ccc(O[C@H](C)c2nc3ccc(F)cc3[nH]2)cc1. The molecule has 1 heterocycles. The van der Waals surface area contributed by atoms with Crippen LogP contribution in [0.1, 0.15) is 31.3 Å². The van der Waals surface area contributed by atoms with Crippen LogP contribution in [0.2, 0.25) is 0 Å². The second kappa shape index (κ2) is 5.56. The van der Waals surface area contributed by atoms with Gasteiger partial charge in [-0.25, -0.2) is 9.37 Å². The molecule has 0 aliphatic rings. The van der Waals surface area contributed by atoms with Crippen LogP contribution >= 0.6 is 0 Å². The third-order valence-corrected chi connectivity index (χ3v) is 3.49. The molecule has 0 spiro atoms. The first-order valence-corrected chi connectivity index (χ1v) is 7.06. The zero-order valence-corrected chi connectivity index (χ0v) is 12.1. The van der Waals surface area contributed by atoms with Gasteiger partial charge in [-0.1, -0.05) is 19.1 Å². The third-order valence-electron chi connectivity index (χ3n) is 3.49. The van der Waals surface area contributed by atoms with Gasteiger partial charge in [0.25, 0.3) is 0 Å². The molecule has 0 radical (unpaired) electrons. The van der Waals surface area contributed by atoms with Gasteiger partial charge in [0.15, 0.2) is 6.10 Å². The van der Waals surface area contributed by atoms with Crippen molar-refractivity contribution < 1.29 is 9.13 Å². The fraction of sp³-hybridized carbons (Fsp3) is 0.235. The Kier molecular flexibility index (Phi) is 3.60. The summed E-state index contributed by atoms with van der Waals surface area (Å²) >= 11 is 0. The number of nitrogens with zero attached hydrogens (tertiary/aromatic N) is 1. The first-order valence-electron chi connectivity index (χ1n) is 7.06. The van der Waals surface area contributed by atoms with Crippen LogP contribution in [-0.4, -0.2) is 9.97 Å². The highest BCUT2D eigenvalue weighted by Gasteiger charge is 2.12. The second-order valence-corrected chi connectivity index (χ2v) is 5.04. The number of benzene rings is 2. The summed E-state index contributed by atoms with van der Waals surface area (Å²) in [5, 5.41) is 0. The Morgan fingerprint density at radius 3 is 2.67 bits per heavy atom. The van der Waals surface area contributed by atoms with E-state index in [1.165, 1.54) is 17.7 Å². The molecular formula is C17H17FN2O. The topological polar surface area (TPSA) is 37.9 Å². The number of ether oxygens (including phenoxy) is 1. The molecule has 21 heavy (non-hydrogen) atoms. The van der Waals surface area contributed by atoms with E-state index in [0.717, 1.165) is 17.7 Å². The van der Waals surface area contributed by atoms with E-state index < -0.39 is 0 Å². The second-order valence-electron chi connectivity index (χ2n) is 5.04. The molecule has 2 aromatic carbocycles. The van der Waals surface area contributed by atoms with Crippen molar-refractivity contribution >= 4 is 11.0 Å². The standard InChI is InChI=1S/C17H17FN2O/c1-3-12-4-7-14(8-5-12)21-11(2)17-19-15-9-6-13(18)10-16(15)20-17/h4-11H,3H2,1-2H3,(H,19,20)/t11-/m1/s1. The Morgan fingerprint density at radius 2 is 1.95 bits per heavy atom. The lowest BCUT2D eigenvalue weighted by Crippen LogP contribution is -2.05. The summed E-state index contributed by atoms with van der Waals surface area (Å²) in [4.78, 5) is 7.54. The van der Waals surface area contributed by atoms with Gasteiger partial charge in [0.1, 0.15) is 17.4 Å². The highest BCUT2D eigenvalue weighted by molar-refractivity contribution is 5.75. The van der Waals surface area contributed by atoms with E-state index in [4.69, 9.17) is 4.74 Å². The maximum absolute atomic E-state index is 13.2. The molecule has 4 heteroatoms. The lowest BCUT2D eigenvalue weighted by atomic mass is 10.2. The van der Waals surface area contributed by atoms with Gasteiger partial charge < -0.3 is 9.72 Å². The quantitative estimate of drug-likeness (QED) is 0.771. The molecule has 0 amide bonds. The summed E-state index contributed by atoms with van der Waals surface area (Å²) in [7, 11) is 0. The van der Waals surface area contributed by atoms with Crippen LogP contribution in [0.25, 0.3) is 11.0 Å². The molecule has 3 rings (SSSR count). The zero-order valence-electron chi connectivity index (χ0n) is 12.1. The largest absolute Gasteiger partial charge is 0.483 e. The number of nitrogens with one attached hydrogen (secondary N) is 1. The van der Waals surface area contributed by atoms with E-state index >= 15 is 0 Å². The van der Waals surface area contributed by atoms with Crippen molar-refractivity contribution in [3.63, 3.8) is 0 Å². The monoisotopic (exact) mass is 284 g/mol. The van der Waals surface area contributed by atoms with Crippen LogP contribution in [0, 0.1) is 5.82 Å². The van der Waals surface area contributed by atoms with Crippen LogP contribution in [0.15, 0.2) is 42.5 Å². The first kappa shape index (κ1) is 13.6. The van der Waals surface area contributed by atoms with Gasteiger partial charge in [0, 0.05) is 0 Å². The van der Waals surface area contributed by atoms with Crippen molar-refractivity contribution in [2.24, 2.45) is 0 Å². The van der Waals surface area contributed by atoms with E-state index in [9.17, 15) is 4.39 Å². The Balaban J connectivity index is 1.80. The van der Waals surface area contributed by atoms with Crippen molar-refractivity contribution in [1.82, 2.24) is 9.97 Å². The maximum Gasteiger partial charge on any atom is 0.153 e.